The summed E-state index contributed by atoms with van der Waals surface area (Å²) in [7, 11) is -2.61. The minimum Gasteiger partial charge on any atom is -0.391 e. The van der Waals surface area contributed by atoms with Crippen molar-refractivity contribution in [1.82, 2.24) is 0 Å². The minimum absolute atomic E-state index is 0.0291. The lowest BCUT2D eigenvalue weighted by Gasteiger charge is -2.13. The molecule has 1 N–H and O–H groups in total. The van der Waals surface area contributed by atoms with Gasteiger partial charge in [-0.05, 0) is 31.2 Å². The summed E-state index contributed by atoms with van der Waals surface area (Å²) in [4.78, 5) is 5.11. The second-order valence-electron chi connectivity index (χ2n) is 5.09. The molecule has 0 aliphatic rings. The second kappa shape index (κ2) is 10.7. The summed E-state index contributed by atoms with van der Waals surface area (Å²) >= 11 is 17.7. The Morgan fingerprint density at radius 2 is 1.79 bits per heavy atom. The fraction of sp³-hybridized carbons (Fsp3) is 0.188. The van der Waals surface area contributed by atoms with E-state index in [4.69, 9.17) is 52.8 Å². The molecule has 2 rings (SSSR count). The summed E-state index contributed by atoms with van der Waals surface area (Å²) in [5, 5.41) is 4.57. The van der Waals surface area contributed by atoms with Crippen LogP contribution in [0.4, 0.5) is 13.2 Å². The quantitative estimate of drug-likeness (QED) is 0.420. The summed E-state index contributed by atoms with van der Waals surface area (Å²) < 4.78 is 62.0. The lowest BCUT2D eigenvalue weighted by molar-refractivity contribution is -0.137. The first-order valence-electron chi connectivity index (χ1n) is 7.20. The third kappa shape index (κ3) is 7.67. The Kier molecular flexibility index (Phi) is 9.22. The van der Waals surface area contributed by atoms with Gasteiger partial charge in [0.05, 0.1) is 21.3 Å². The van der Waals surface area contributed by atoms with Crippen LogP contribution in [0.25, 0.3) is 0 Å². The van der Waals surface area contributed by atoms with E-state index >= 15 is 0 Å². The van der Waals surface area contributed by atoms with Crippen LogP contribution in [0.1, 0.15) is 23.6 Å². The molecule has 0 radical (unpaired) electrons. The molecule has 0 heterocycles. The van der Waals surface area contributed by atoms with Gasteiger partial charge in [0.2, 0.25) is 0 Å². The van der Waals surface area contributed by atoms with Gasteiger partial charge in [-0.15, -0.1) is 0 Å². The highest BCUT2D eigenvalue weighted by Gasteiger charge is 2.34. The van der Waals surface area contributed by atoms with Crippen molar-refractivity contribution in [3.05, 3.63) is 68.2 Å². The van der Waals surface area contributed by atoms with Crippen molar-refractivity contribution >= 4 is 51.0 Å². The zero-order valence-corrected chi connectivity index (χ0v) is 17.1. The van der Waals surface area contributed by atoms with Gasteiger partial charge in [0.25, 0.3) is 0 Å². The molecule has 0 saturated carbocycles. The topological polar surface area (TPSA) is 79.6 Å². The molecular formula is C16H12Cl3F3N2O3S. The van der Waals surface area contributed by atoms with Crippen molar-refractivity contribution in [2.45, 2.75) is 19.7 Å². The number of oxime groups is 1. The van der Waals surface area contributed by atoms with Gasteiger partial charge in [0.1, 0.15) is 6.61 Å². The van der Waals surface area contributed by atoms with Crippen molar-refractivity contribution in [3.8, 4) is 0 Å². The first kappa shape index (κ1) is 24.2. The number of benzene rings is 2. The van der Waals surface area contributed by atoms with Gasteiger partial charge in [0, 0.05) is 16.1 Å². The number of hydrogen-bond donors (Lipinski definition) is 1. The molecule has 0 spiro atoms. The van der Waals surface area contributed by atoms with E-state index in [1.54, 1.807) is 18.2 Å². The molecule has 0 amide bonds. The Labute approximate surface area is 175 Å². The Morgan fingerprint density at radius 1 is 1.18 bits per heavy atom. The molecule has 0 aliphatic carbocycles. The number of nitrogens with one attached hydrogen (secondary N) is 1. The van der Waals surface area contributed by atoms with Crippen molar-refractivity contribution in [2.24, 2.45) is 5.16 Å². The van der Waals surface area contributed by atoms with Crippen LogP contribution < -0.4 is 0 Å². The Hall–Kier alpha value is -1.81. The second-order valence-corrected chi connectivity index (χ2v) is 6.78. The van der Waals surface area contributed by atoms with Crippen molar-refractivity contribution in [3.63, 3.8) is 0 Å². The Balaban J connectivity index is 0.000000892. The van der Waals surface area contributed by atoms with Gasteiger partial charge in [-0.2, -0.15) is 26.4 Å². The molecule has 2 aromatic rings. The molecule has 0 aliphatic heterocycles. The first-order valence-corrected chi connectivity index (χ1v) is 9.41. The molecule has 0 saturated heterocycles. The Morgan fingerprint density at radius 3 is 2.36 bits per heavy atom. The molecule has 28 heavy (non-hydrogen) atoms. The molecule has 2 aromatic carbocycles. The number of nitrogens with zero attached hydrogens (tertiary/aromatic N) is 1. The van der Waals surface area contributed by atoms with E-state index in [9.17, 15) is 13.2 Å². The summed E-state index contributed by atoms with van der Waals surface area (Å²) in [5.41, 5.74) is -0.365. The third-order valence-corrected chi connectivity index (χ3v) is 4.22. The van der Waals surface area contributed by atoms with Crippen molar-refractivity contribution in [2.75, 3.05) is 0 Å². The predicted octanol–water partition coefficient (Wildman–Crippen LogP) is 6.23. The van der Waals surface area contributed by atoms with Crippen LogP contribution in [0.15, 0.2) is 41.6 Å². The molecule has 0 fully saturated rings. The predicted molar refractivity (Wildman–Crippen MR) is 102 cm³/mol. The van der Waals surface area contributed by atoms with Gasteiger partial charge in [0.15, 0.2) is 0 Å². The highest BCUT2D eigenvalue weighted by molar-refractivity contribution is 7.60. The summed E-state index contributed by atoms with van der Waals surface area (Å²) in [6, 6.07) is 8.25. The number of rotatable bonds is 4. The van der Waals surface area contributed by atoms with Gasteiger partial charge >= 0.3 is 16.7 Å². The highest BCUT2D eigenvalue weighted by atomic mass is 35.5. The molecule has 152 valence electrons. The fourth-order valence-electron chi connectivity index (χ4n) is 1.97. The summed E-state index contributed by atoms with van der Waals surface area (Å²) in [6.45, 7) is 1.37. The largest absolute Gasteiger partial charge is 0.417 e. The molecular weight excluding hydrogens is 464 g/mol. The maximum Gasteiger partial charge on any atom is 0.417 e. The minimum atomic E-state index is -4.52. The van der Waals surface area contributed by atoms with E-state index in [1.807, 2.05) is 0 Å². The Bertz CT molecular complexity index is 975. The van der Waals surface area contributed by atoms with E-state index in [2.05, 4.69) is 5.16 Å². The smallest absolute Gasteiger partial charge is 0.391 e. The molecule has 12 heteroatoms. The molecule has 0 aromatic heterocycles. The van der Waals surface area contributed by atoms with Crippen LogP contribution in [0.3, 0.4) is 0 Å². The van der Waals surface area contributed by atoms with E-state index < -0.39 is 22.2 Å². The lowest BCUT2D eigenvalue weighted by Crippen LogP contribution is -2.12. The van der Waals surface area contributed by atoms with Gasteiger partial charge in [-0.25, -0.2) is 0 Å². The SMILES string of the molecule is C/C(=N\OCc1cccc(Cl)c1Cl)c1cc(Cl)ccc1C(F)(F)F.N=S(=O)=O. The molecule has 0 bridgehead atoms. The van der Waals surface area contributed by atoms with E-state index in [0.717, 1.165) is 6.07 Å². The third-order valence-electron chi connectivity index (χ3n) is 3.13. The molecule has 0 atom stereocenters. The van der Waals surface area contributed by atoms with Crippen LogP contribution >= 0.6 is 34.8 Å². The average Bonchev–Trinajstić information content (AvgIpc) is 2.57. The van der Waals surface area contributed by atoms with Gasteiger partial charge < -0.3 is 4.84 Å². The van der Waals surface area contributed by atoms with Crippen LogP contribution in [-0.4, -0.2) is 14.1 Å². The summed E-state index contributed by atoms with van der Waals surface area (Å²) in [5.74, 6) is 0. The lowest BCUT2D eigenvalue weighted by atomic mass is 10.0. The van der Waals surface area contributed by atoms with Crippen LogP contribution in [-0.2, 0) is 28.1 Å². The number of alkyl halides is 3. The number of hydrogen-bond acceptors (Lipinski definition) is 5. The van der Waals surface area contributed by atoms with Crippen LogP contribution in [0.5, 0.6) is 0 Å². The fourth-order valence-corrected chi connectivity index (χ4v) is 2.52. The average molecular weight is 476 g/mol. The van der Waals surface area contributed by atoms with E-state index in [1.165, 1.54) is 19.1 Å². The molecule has 5 nitrogen and oxygen atoms in total. The normalized spacial score (nSPS) is 11.5. The zero-order chi connectivity index (χ0) is 21.5. The summed E-state index contributed by atoms with van der Waals surface area (Å²) in [6.07, 6.45) is -4.52. The monoisotopic (exact) mass is 474 g/mol. The van der Waals surface area contributed by atoms with E-state index in [-0.39, 0.29) is 22.9 Å². The van der Waals surface area contributed by atoms with Gasteiger partial charge in [-0.3, -0.25) is 0 Å². The van der Waals surface area contributed by atoms with Crippen molar-refractivity contribution < 1.29 is 26.4 Å². The van der Waals surface area contributed by atoms with Crippen molar-refractivity contribution in [1.29, 1.82) is 4.78 Å². The molecule has 0 unspecified atom stereocenters. The highest BCUT2D eigenvalue weighted by Crippen LogP contribution is 2.33. The maximum absolute atomic E-state index is 13.1. The standard InChI is InChI=1S/C16H11Cl3F3NO.HNO2S/c1-9(12-7-11(17)5-6-13(12)16(20,21)22)23-24-8-10-3-2-4-14(18)15(10)19;1-4(2)3/h2-7H,8H2,1H3;1H/b23-9+;. The number of halogens is 6. The zero-order valence-electron chi connectivity index (χ0n) is 14.0. The van der Waals surface area contributed by atoms with E-state index in [0.29, 0.717) is 15.6 Å². The van der Waals surface area contributed by atoms with Gasteiger partial charge in [-0.1, -0.05) is 52.1 Å². The van der Waals surface area contributed by atoms with Crippen LogP contribution in [0.2, 0.25) is 15.1 Å². The first-order chi connectivity index (χ1) is 12.9. The maximum atomic E-state index is 13.1. The van der Waals surface area contributed by atoms with Crippen LogP contribution in [0, 0.1) is 4.78 Å².